The summed E-state index contributed by atoms with van der Waals surface area (Å²) in [6.07, 6.45) is 23.7. The minimum atomic E-state index is -3.92. The predicted octanol–water partition coefficient (Wildman–Crippen LogP) is 16.2. The fourth-order valence-electron chi connectivity index (χ4n) is 18.1. The number of morpholine rings is 1. The molecule has 1 atom stereocenters. The molecule has 1 unspecified atom stereocenters. The van der Waals surface area contributed by atoms with Gasteiger partial charge in [-0.2, -0.15) is 8.61 Å². The molecule has 6 aliphatic rings. The third kappa shape index (κ3) is 20.0. The fraction of sp³-hybridized carbons (Fsp3) is 0.635. The first kappa shape index (κ1) is 89.3. The van der Waals surface area contributed by atoms with E-state index in [4.69, 9.17) is 20.2 Å². The first-order valence-corrected chi connectivity index (χ1v) is 50.0. The maximum Gasteiger partial charge on any atom is 0.244 e. The third-order valence-corrected chi connectivity index (χ3v) is 34.1. The van der Waals surface area contributed by atoms with Crippen LogP contribution in [-0.4, -0.2) is 129 Å². The van der Waals surface area contributed by atoms with Crippen molar-refractivity contribution in [1.29, 1.82) is 0 Å². The zero-order valence-electron chi connectivity index (χ0n) is 69.8. The number of nitrogens with two attached hydrogens (primary N) is 3. The Morgan fingerprint density at radius 2 is 0.696 bits per heavy atom. The summed E-state index contributed by atoms with van der Waals surface area (Å²) < 4.78 is 162. The molecule has 3 aromatic heterocycles. The molecule has 3 saturated heterocycles. The van der Waals surface area contributed by atoms with Crippen LogP contribution in [0.15, 0.2) is 102 Å². The Kier molecular flexibility index (Phi) is 27.2. The Morgan fingerprint density at radius 3 is 1.01 bits per heavy atom. The second kappa shape index (κ2) is 34.1. The number of piperidine rings is 2. The highest BCUT2D eigenvalue weighted by Crippen LogP contribution is 2.45. The van der Waals surface area contributed by atoms with E-state index < -0.39 is 81.7 Å². The molecule has 0 radical (unpaired) electrons. The molecule has 112 heavy (non-hydrogen) atoms. The van der Waals surface area contributed by atoms with Crippen molar-refractivity contribution in [3.63, 3.8) is 0 Å². The molecule has 624 valence electrons. The molecule has 12 rings (SSSR count). The van der Waals surface area contributed by atoms with Crippen LogP contribution in [0.25, 0.3) is 33.8 Å². The topological polar surface area (TPSA) is 300 Å². The van der Waals surface area contributed by atoms with Gasteiger partial charge >= 0.3 is 0 Å². The van der Waals surface area contributed by atoms with E-state index in [1.165, 1.54) is 64.2 Å². The van der Waals surface area contributed by atoms with Crippen LogP contribution in [-0.2, 0) is 100 Å². The zero-order valence-corrected chi connectivity index (χ0v) is 74.7. The summed E-state index contributed by atoms with van der Waals surface area (Å²) in [6.45, 7) is 37.0. The normalized spacial score (nSPS) is 20.2. The van der Waals surface area contributed by atoms with Crippen molar-refractivity contribution in [1.82, 2.24) is 26.6 Å². The van der Waals surface area contributed by atoms with Gasteiger partial charge in [-0.25, -0.2) is 66.0 Å². The van der Waals surface area contributed by atoms with E-state index in [1.807, 2.05) is 113 Å². The van der Waals surface area contributed by atoms with Crippen LogP contribution in [0.3, 0.4) is 0 Å². The van der Waals surface area contributed by atoms with Crippen LogP contribution in [0.4, 0.5) is 0 Å². The lowest BCUT2D eigenvalue weighted by Crippen LogP contribution is -2.55. The van der Waals surface area contributed by atoms with Crippen molar-refractivity contribution in [2.24, 2.45) is 33.2 Å². The monoisotopic (exact) mass is 1660 g/mol. The van der Waals surface area contributed by atoms with Crippen molar-refractivity contribution in [3.05, 3.63) is 107 Å². The van der Waals surface area contributed by atoms with E-state index >= 15 is 0 Å². The van der Waals surface area contributed by atoms with Gasteiger partial charge in [0.05, 0.1) is 38.3 Å². The summed E-state index contributed by atoms with van der Waals surface area (Å²) in [4.78, 5) is 1.83. The third-order valence-electron chi connectivity index (χ3n) is 24.5. The standard InChI is InChI=1S/C29H45N3O4S2.C28H43N3O5S2.C28H43N3O3S2/c1-21-27(37(30,33)34)19-25(31(21)20-22-12-8-7-9-13-22)23-14-15-26(24(18-23)28(2,3)4)38(35,36)32-17-11-10-16-29(32,5)6;1-20-26(37(29,32)33)17-24(30(20)18-21-10-8-7-9-11-21)22-12-13-25(23(16-22)27(2,3)4)38(34,35)31-14-15-36-19-28(31,5)6;1-21-27(36(29,33)34)19-25(31(21)20-22-12-8-6-9-13-22)23-14-15-26(24(18-23)28(2,3)4)35(5,32)30-16-10-7-11-17-30/h14-15,18-19,22H,7-13,16-17,20H2,1-6H3,(H2,30,33,34);12-13,16-17,21H,7-11,14-15,18-19H2,1-6H3,(H2,29,32,33);14-15,18-19,22H,5-13,16-17,20H2,1-4H3,(H2,29,33,34). The number of rotatable bonds is 18. The molecule has 6 aromatic rings. The number of hydrogen-bond acceptors (Lipinski definition) is 12. The summed E-state index contributed by atoms with van der Waals surface area (Å²) in [5, 5.41) is 16.8. The second-order valence-electron chi connectivity index (χ2n) is 37.2. The van der Waals surface area contributed by atoms with E-state index in [0.717, 1.165) is 147 Å². The highest BCUT2D eigenvalue weighted by atomic mass is 32.2. The van der Waals surface area contributed by atoms with Gasteiger partial charge in [-0.15, -0.1) is 0 Å². The Balaban J connectivity index is 0.000000178. The van der Waals surface area contributed by atoms with Crippen molar-refractivity contribution in [3.8, 4) is 33.8 Å². The second-order valence-corrected chi connectivity index (χ2v) is 47.7. The average molecular weight is 1660 g/mol. The van der Waals surface area contributed by atoms with Crippen LogP contribution in [0.5, 0.6) is 0 Å². The van der Waals surface area contributed by atoms with Crippen LogP contribution >= 0.6 is 0 Å². The molecule has 0 amide bonds. The molecule has 0 bridgehead atoms. The maximum absolute atomic E-state index is 14.1. The number of hydrogen-bond donors (Lipinski definition) is 3. The lowest BCUT2D eigenvalue weighted by atomic mass is 9.85. The summed E-state index contributed by atoms with van der Waals surface area (Å²) in [7, 11) is -21.8. The molecule has 6 N–H and O–H groups in total. The SMILES string of the molecule is C=S(=O)(c1ccc(-c2cc(S(N)(=O)=O)c(C)n2CC2CCCCC2)cc1C(C)(C)C)N1CCCCC1.Cc1c(S(N)(=O)=O)cc(-c2ccc(S(=O)(=O)N3CCCCC3(C)C)c(C(C)(C)C)c2)n1CC1CCCCC1.Cc1c(S(N)(=O)=O)cc(-c2ccc(S(=O)(=O)N3CCOCC3(C)C)c(C(C)(C)C)c2)n1CC1CCCCC1. The van der Waals surface area contributed by atoms with Gasteiger partial charge in [-0.05, 0) is 241 Å². The summed E-state index contributed by atoms with van der Waals surface area (Å²) >= 11 is 0. The van der Waals surface area contributed by atoms with Gasteiger partial charge in [0, 0.05) is 90.4 Å². The number of primary sulfonamides is 3. The predicted molar refractivity (Wildman–Crippen MR) is 453 cm³/mol. The van der Waals surface area contributed by atoms with E-state index in [9.17, 15) is 46.3 Å². The highest BCUT2D eigenvalue weighted by Gasteiger charge is 2.44. The minimum Gasteiger partial charge on any atom is -0.378 e. The lowest BCUT2D eigenvalue weighted by molar-refractivity contribution is -0.00774. The highest BCUT2D eigenvalue weighted by molar-refractivity contribution is 7.98. The number of sulfonamides is 5. The maximum atomic E-state index is 14.1. The van der Waals surface area contributed by atoms with Gasteiger partial charge in [0.1, 0.15) is 14.7 Å². The summed E-state index contributed by atoms with van der Waals surface area (Å²) in [5.74, 6) is 5.70. The first-order chi connectivity index (χ1) is 51.9. The fourth-order valence-corrected chi connectivity index (χ4v) is 27.0. The molecule has 27 heteroatoms. The summed E-state index contributed by atoms with van der Waals surface area (Å²) in [6, 6.07) is 22.0. The Morgan fingerprint density at radius 1 is 0.393 bits per heavy atom. The van der Waals surface area contributed by atoms with Gasteiger partial charge in [-0.3, -0.25) is 0 Å². The summed E-state index contributed by atoms with van der Waals surface area (Å²) in [5.41, 5.74) is 6.95. The molecular weight excluding hydrogens is 1530 g/mol. The van der Waals surface area contributed by atoms with Crippen molar-refractivity contribution in [2.75, 3.05) is 39.4 Å². The average Bonchev–Trinajstić information content (AvgIpc) is 1.04. The molecule has 3 aliphatic carbocycles. The first-order valence-electron chi connectivity index (χ1n) is 40.8. The van der Waals surface area contributed by atoms with Crippen molar-refractivity contribution < 1.29 is 51.0 Å². The number of nitrogens with zero attached hydrogens (tertiary/aromatic N) is 6. The minimum absolute atomic E-state index is 0.118. The van der Waals surface area contributed by atoms with E-state index in [1.54, 1.807) is 51.9 Å². The quantitative estimate of drug-likeness (QED) is 0.0677. The van der Waals surface area contributed by atoms with E-state index in [-0.39, 0.29) is 25.0 Å². The molecule has 0 spiro atoms. The van der Waals surface area contributed by atoms with Gasteiger partial charge in [0.2, 0.25) is 50.1 Å². The van der Waals surface area contributed by atoms with Gasteiger partial charge in [0.15, 0.2) is 0 Å². The van der Waals surface area contributed by atoms with Crippen molar-refractivity contribution in [2.45, 2.75) is 322 Å². The van der Waals surface area contributed by atoms with Gasteiger partial charge in [0.25, 0.3) is 0 Å². The van der Waals surface area contributed by atoms with Crippen molar-refractivity contribution >= 4 is 65.7 Å². The van der Waals surface area contributed by atoms with Gasteiger partial charge < -0.3 is 18.4 Å². The Labute approximate surface area is 673 Å². The molecule has 6 fully saturated rings. The molecule has 3 saturated carbocycles. The Bertz CT molecular complexity index is 4890. The molecule has 21 nitrogen and oxygen atoms in total. The number of aromatic nitrogens is 3. The van der Waals surface area contributed by atoms with Crippen LogP contribution in [0.2, 0.25) is 0 Å². The van der Waals surface area contributed by atoms with Crippen LogP contribution in [0, 0.1) is 38.5 Å². The molecule has 3 aliphatic heterocycles. The smallest absolute Gasteiger partial charge is 0.244 e. The molecule has 3 aromatic carbocycles. The van der Waals surface area contributed by atoms with Crippen LogP contribution in [0.1, 0.15) is 259 Å². The Hall–Kier alpha value is -5.01. The lowest BCUT2D eigenvalue weighted by Gasteiger charge is -2.42. The van der Waals surface area contributed by atoms with Crippen LogP contribution < -0.4 is 15.4 Å². The van der Waals surface area contributed by atoms with E-state index in [0.29, 0.717) is 78.1 Å². The molecular formula is C85H131N9O12S6. The largest absolute Gasteiger partial charge is 0.378 e. The molecule has 6 heterocycles. The number of benzene rings is 3. The van der Waals surface area contributed by atoms with E-state index in [2.05, 4.69) is 50.7 Å². The zero-order chi connectivity index (χ0) is 82.5. The van der Waals surface area contributed by atoms with Gasteiger partial charge in [-0.1, -0.05) is 151 Å². The number of ether oxygens (including phenoxy) is 1.